The van der Waals surface area contributed by atoms with Crippen LogP contribution in [0.15, 0.2) is 24.3 Å². The molecule has 0 saturated heterocycles. The molecular formula is C14H24O. The summed E-state index contributed by atoms with van der Waals surface area (Å²) in [4.78, 5) is 10.0. The predicted molar refractivity (Wildman–Crippen MR) is 67.0 cm³/mol. The Morgan fingerprint density at radius 1 is 0.800 bits per heavy atom. The second-order valence-corrected chi connectivity index (χ2v) is 3.80. The van der Waals surface area contributed by atoms with Gasteiger partial charge in [0, 0.05) is 6.42 Å². The van der Waals surface area contributed by atoms with Crippen LogP contribution in [0.5, 0.6) is 0 Å². The number of allylic oxidation sites excluding steroid dienone is 4. The van der Waals surface area contributed by atoms with Crippen LogP contribution in [0.1, 0.15) is 58.3 Å². The van der Waals surface area contributed by atoms with Crippen LogP contribution in [0.4, 0.5) is 0 Å². The van der Waals surface area contributed by atoms with Gasteiger partial charge in [-0.3, -0.25) is 0 Å². The van der Waals surface area contributed by atoms with Crippen LogP contribution in [0.2, 0.25) is 0 Å². The molecule has 0 aromatic heterocycles. The lowest BCUT2D eigenvalue weighted by Crippen LogP contribution is -1.77. The van der Waals surface area contributed by atoms with E-state index >= 15 is 0 Å². The summed E-state index contributed by atoms with van der Waals surface area (Å²) < 4.78 is 0. The number of hydrogen-bond acceptors (Lipinski definition) is 1. The van der Waals surface area contributed by atoms with E-state index < -0.39 is 0 Å². The van der Waals surface area contributed by atoms with Crippen molar-refractivity contribution in [1.29, 1.82) is 0 Å². The number of carbonyl (C=O) groups is 1. The van der Waals surface area contributed by atoms with Gasteiger partial charge in [-0.15, -0.1) is 0 Å². The van der Waals surface area contributed by atoms with Gasteiger partial charge >= 0.3 is 0 Å². The average Bonchev–Trinajstić information content (AvgIpc) is 2.26. The van der Waals surface area contributed by atoms with Gasteiger partial charge in [-0.25, -0.2) is 0 Å². The van der Waals surface area contributed by atoms with E-state index in [0.29, 0.717) is 0 Å². The molecule has 0 saturated carbocycles. The van der Waals surface area contributed by atoms with Gasteiger partial charge in [0.25, 0.3) is 0 Å². The maximum Gasteiger partial charge on any atom is 0.119 e. The van der Waals surface area contributed by atoms with Crippen LogP contribution in [-0.4, -0.2) is 6.29 Å². The largest absolute Gasteiger partial charge is 0.303 e. The molecule has 0 aromatic carbocycles. The molecule has 0 aromatic rings. The van der Waals surface area contributed by atoms with Crippen LogP contribution in [-0.2, 0) is 4.79 Å². The first kappa shape index (κ1) is 14.2. The van der Waals surface area contributed by atoms with Crippen molar-refractivity contribution in [2.45, 2.75) is 58.3 Å². The molecule has 0 aliphatic carbocycles. The van der Waals surface area contributed by atoms with Crippen LogP contribution < -0.4 is 0 Å². The van der Waals surface area contributed by atoms with Crippen molar-refractivity contribution in [2.75, 3.05) is 0 Å². The summed E-state index contributed by atoms with van der Waals surface area (Å²) in [6, 6.07) is 0. The highest BCUT2D eigenvalue weighted by molar-refractivity contribution is 5.48. The highest BCUT2D eigenvalue weighted by atomic mass is 16.1. The molecule has 0 aliphatic rings. The first-order chi connectivity index (χ1) is 7.41. The fourth-order valence-electron chi connectivity index (χ4n) is 1.34. The van der Waals surface area contributed by atoms with Gasteiger partial charge in [-0.2, -0.15) is 0 Å². The molecule has 0 heterocycles. The zero-order valence-electron chi connectivity index (χ0n) is 9.95. The van der Waals surface area contributed by atoms with Crippen molar-refractivity contribution in [2.24, 2.45) is 0 Å². The molecule has 0 amide bonds. The molecule has 0 atom stereocenters. The first-order valence-electron chi connectivity index (χ1n) is 6.17. The lowest BCUT2D eigenvalue weighted by atomic mass is 10.1. The topological polar surface area (TPSA) is 17.1 Å². The van der Waals surface area contributed by atoms with E-state index in [1.807, 2.05) is 0 Å². The minimum absolute atomic E-state index is 0.723. The van der Waals surface area contributed by atoms with Crippen LogP contribution in [0.25, 0.3) is 0 Å². The van der Waals surface area contributed by atoms with Gasteiger partial charge in [0.05, 0.1) is 0 Å². The Kier molecular flexibility index (Phi) is 12.4. The second-order valence-electron chi connectivity index (χ2n) is 3.80. The van der Waals surface area contributed by atoms with E-state index in [2.05, 4.69) is 31.2 Å². The fourth-order valence-corrected chi connectivity index (χ4v) is 1.34. The van der Waals surface area contributed by atoms with Gasteiger partial charge in [0.2, 0.25) is 0 Å². The van der Waals surface area contributed by atoms with E-state index in [4.69, 9.17) is 0 Å². The predicted octanol–water partition coefficient (Wildman–Crippen LogP) is 4.44. The zero-order chi connectivity index (χ0) is 11.2. The van der Waals surface area contributed by atoms with Crippen molar-refractivity contribution < 1.29 is 4.79 Å². The molecular weight excluding hydrogens is 184 g/mol. The van der Waals surface area contributed by atoms with Crippen molar-refractivity contribution in [3.05, 3.63) is 24.3 Å². The molecule has 0 radical (unpaired) electrons. The molecule has 0 unspecified atom stereocenters. The van der Waals surface area contributed by atoms with E-state index in [9.17, 15) is 4.79 Å². The third kappa shape index (κ3) is 13.2. The Bertz CT molecular complexity index is 180. The second kappa shape index (κ2) is 13.2. The lowest BCUT2D eigenvalue weighted by Gasteiger charge is -1.92. The molecule has 1 heteroatoms. The quantitative estimate of drug-likeness (QED) is 0.295. The highest BCUT2D eigenvalue weighted by Crippen LogP contribution is 2.02. The highest BCUT2D eigenvalue weighted by Gasteiger charge is 1.85. The number of aldehydes is 1. The summed E-state index contributed by atoms with van der Waals surface area (Å²) >= 11 is 0. The standard InChI is InChI=1S/C14H24O/c1-2-3-4-5-6-7-8-9-10-11-12-13-14-15/h5-8,14H,2-4,9-13H2,1H3/b6-5+,8-7+. The molecule has 86 valence electrons. The van der Waals surface area contributed by atoms with Gasteiger partial charge in [-0.05, 0) is 25.7 Å². The fraction of sp³-hybridized carbons (Fsp3) is 0.643. The molecule has 1 nitrogen and oxygen atoms in total. The minimum atomic E-state index is 0.723. The van der Waals surface area contributed by atoms with E-state index in [-0.39, 0.29) is 0 Å². The van der Waals surface area contributed by atoms with Crippen LogP contribution >= 0.6 is 0 Å². The lowest BCUT2D eigenvalue weighted by molar-refractivity contribution is -0.107. The summed E-state index contributed by atoms with van der Waals surface area (Å²) in [6.07, 6.45) is 18.7. The van der Waals surface area contributed by atoms with Crippen LogP contribution in [0.3, 0.4) is 0 Å². The number of unbranched alkanes of at least 4 members (excludes halogenated alkanes) is 6. The minimum Gasteiger partial charge on any atom is -0.303 e. The zero-order valence-corrected chi connectivity index (χ0v) is 9.95. The summed E-state index contributed by atoms with van der Waals surface area (Å²) in [7, 11) is 0. The normalized spacial score (nSPS) is 11.5. The van der Waals surface area contributed by atoms with Crippen molar-refractivity contribution in [1.82, 2.24) is 0 Å². The first-order valence-corrected chi connectivity index (χ1v) is 6.17. The molecule has 15 heavy (non-hydrogen) atoms. The summed E-state index contributed by atoms with van der Waals surface area (Å²) in [6.45, 7) is 2.21. The average molecular weight is 208 g/mol. The summed E-state index contributed by atoms with van der Waals surface area (Å²) in [5, 5.41) is 0. The maximum absolute atomic E-state index is 10.0. The SMILES string of the molecule is CCCC/C=C/C=C/CCCCCC=O. The van der Waals surface area contributed by atoms with Gasteiger partial charge in [0.15, 0.2) is 0 Å². The Morgan fingerprint density at radius 3 is 2.00 bits per heavy atom. The Hall–Kier alpha value is -0.850. The Labute approximate surface area is 94.3 Å². The van der Waals surface area contributed by atoms with Gasteiger partial charge < -0.3 is 4.79 Å². The number of carbonyl (C=O) groups excluding carboxylic acids is 1. The van der Waals surface area contributed by atoms with E-state index in [1.54, 1.807) is 0 Å². The van der Waals surface area contributed by atoms with Crippen molar-refractivity contribution in [3.63, 3.8) is 0 Å². The van der Waals surface area contributed by atoms with Crippen LogP contribution in [0, 0.1) is 0 Å². The Balaban J connectivity index is 3.16. The van der Waals surface area contributed by atoms with Gasteiger partial charge in [-0.1, -0.05) is 50.5 Å². The van der Waals surface area contributed by atoms with Gasteiger partial charge in [0.1, 0.15) is 6.29 Å². The van der Waals surface area contributed by atoms with E-state index in [0.717, 1.165) is 25.5 Å². The number of rotatable bonds is 10. The maximum atomic E-state index is 10.0. The van der Waals surface area contributed by atoms with Crippen molar-refractivity contribution >= 4 is 6.29 Å². The molecule has 0 fully saturated rings. The monoisotopic (exact) mass is 208 g/mol. The summed E-state index contributed by atoms with van der Waals surface area (Å²) in [5.41, 5.74) is 0. The molecule has 0 rings (SSSR count). The Morgan fingerprint density at radius 2 is 1.40 bits per heavy atom. The molecule has 0 aliphatic heterocycles. The smallest absolute Gasteiger partial charge is 0.119 e. The molecule has 0 spiro atoms. The van der Waals surface area contributed by atoms with Crippen molar-refractivity contribution in [3.8, 4) is 0 Å². The third-order valence-corrected chi connectivity index (χ3v) is 2.30. The molecule has 0 N–H and O–H groups in total. The molecule has 0 bridgehead atoms. The van der Waals surface area contributed by atoms with E-state index in [1.165, 1.54) is 32.1 Å². The summed E-state index contributed by atoms with van der Waals surface area (Å²) in [5.74, 6) is 0. The third-order valence-electron chi connectivity index (χ3n) is 2.30. The number of hydrogen-bond donors (Lipinski definition) is 0.